The van der Waals surface area contributed by atoms with E-state index in [1.54, 1.807) is 23.1 Å². The van der Waals surface area contributed by atoms with Crippen molar-refractivity contribution in [1.82, 2.24) is 15.7 Å². The molecular formula is C21H23N3O4. The Labute approximate surface area is 163 Å². The Balaban J connectivity index is 2.05. The molecule has 0 unspecified atom stereocenters. The molecule has 3 N–H and O–H groups in total. The van der Waals surface area contributed by atoms with E-state index < -0.39 is 17.8 Å². The first kappa shape index (κ1) is 20.9. The number of nitrogens with one attached hydrogen (secondary N) is 2. The van der Waals surface area contributed by atoms with Crippen molar-refractivity contribution in [3.63, 3.8) is 0 Å². The Bertz CT molecular complexity index is 832. The lowest BCUT2D eigenvalue weighted by atomic mass is 10.1. The molecule has 7 heteroatoms. The minimum atomic E-state index is -0.614. The van der Waals surface area contributed by atoms with Gasteiger partial charge in [-0.2, -0.15) is 0 Å². The van der Waals surface area contributed by atoms with Gasteiger partial charge in [0.1, 0.15) is 0 Å². The van der Waals surface area contributed by atoms with Gasteiger partial charge in [-0.1, -0.05) is 54.6 Å². The molecule has 0 saturated carbocycles. The molecule has 2 aromatic rings. The average molecular weight is 381 g/mol. The summed E-state index contributed by atoms with van der Waals surface area (Å²) in [6, 6.07) is 16.6. The highest BCUT2D eigenvalue weighted by Crippen LogP contribution is 2.11. The van der Waals surface area contributed by atoms with Crippen LogP contribution < -0.4 is 10.8 Å². The van der Waals surface area contributed by atoms with Crippen LogP contribution in [0.25, 0.3) is 6.08 Å². The molecule has 2 rings (SSSR count). The molecule has 0 aliphatic carbocycles. The van der Waals surface area contributed by atoms with Gasteiger partial charge >= 0.3 is 6.03 Å². The van der Waals surface area contributed by atoms with Gasteiger partial charge in [-0.15, -0.1) is 0 Å². The summed E-state index contributed by atoms with van der Waals surface area (Å²) in [6.07, 6.45) is 3.44. The molecule has 0 spiro atoms. The van der Waals surface area contributed by atoms with E-state index in [4.69, 9.17) is 5.21 Å². The van der Waals surface area contributed by atoms with Crippen molar-refractivity contribution in [2.24, 2.45) is 0 Å². The second-order valence-corrected chi connectivity index (χ2v) is 6.19. The van der Waals surface area contributed by atoms with E-state index in [1.807, 2.05) is 42.5 Å². The van der Waals surface area contributed by atoms with E-state index in [0.29, 0.717) is 19.5 Å². The van der Waals surface area contributed by atoms with E-state index in [-0.39, 0.29) is 0 Å². The molecule has 0 aliphatic heterocycles. The number of hydrogen-bond donors (Lipinski definition) is 3. The van der Waals surface area contributed by atoms with Crippen LogP contribution in [0.15, 0.2) is 60.7 Å². The molecule has 2 aromatic carbocycles. The lowest BCUT2D eigenvalue weighted by molar-refractivity contribution is -0.124. The Morgan fingerprint density at radius 1 is 1.00 bits per heavy atom. The SMILES string of the molecule is CC(=O)NC(=O)N(CCc1ccccc1)Cc1ccc(C=CC(=O)NO)cc1. The molecule has 0 bridgehead atoms. The van der Waals surface area contributed by atoms with Crippen LogP contribution in [0.5, 0.6) is 0 Å². The second-order valence-electron chi connectivity index (χ2n) is 6.19. The molecular weight excluding hydrogens is 358 g/mol. The fraction of sp³-hybridized carbons (Fsp3) is 0.190. The van der Waals surface area contributed by atoms with Crippen molar-refractivity contribution in [2.75, 3.05) is 6.54 Å². The van der Waals surface area contributed by atoms with E-state index in [0.717, 1.165) is 16.7 Å². The van der Waals surface area contributed by atoms with Gasteiger partial charge < -0.3 is 4.90 Å². The molecule has 0 saturated heterocycles. The maximum atomic E-state index is 12.4. The van der Waals surface area contributed by atoms with E-state index >= 15 is 0 Å². The largest absolute Gasteiger partial charge is 0.324 e. The third-order valence-corrected chi connectivity index (χ3v) is 3.97. The Hall–Kier alpha value is -3.45. The zero-order valence-corrected chi connectivity index (χ0v) is 15.6. The molecule has 0 atom stereocenters. The maximum Gasteiger partial charge on any atom is 0.324 e. The van der Waals surface area contributed by atoms with Gasteiger partial charge in [0.15, 0.2) is 0 Å². The quantitative estimate of drug-likeness (QED) is 0.390. The molecule has 4 amide bonds. The number of amides is 4. The predicted octanol–water partition coefficient (Wildman–Crippen LogP) is 2.51. The van der Waals surface area contributed by atoms with Crippen LogP contribution in [-0.2, 0) is 22.6 Å². The molecule has 146 valence electrons. The van der Waals surface area contributed by atoms with Gasteiger partial charge in [-0.25, -0.2) is 10.3 Å². The monoisotopic (exact) mass is 381 g/mol. The summed E-state index contributed by atoms with van der Waals surface area (Å²) < 4.78 is 0. The number of hydroxylamine groups is 1. The van der Waals surface area contributed by atoms with Crippen LogP contribution in [0, 0.1) is 0 Å². The van der Waals surface area contributed by atoms with Crippen molar-refractivity contribution in [1.29, 1.82) is 0 Å². The van der Waals surface area contributed by atoms with Crippen molar-refractivity contribution < 1.29 is 19.6 Å². The molecule has 28 heavy (non-hydrogen) atoms. The smallest absolute Gasteiger partial charge is 0.320 e. The number of benzene rings is 2. The summed E-state index contributed by atoms with van der Waals surface area (Å²) in [5, 5.41) is 10.8. The van der Waals surface area contributed by atoms with Crippen LogP contribution in [0.3, 0.4) is 0 Å². The van der Waals surface area contributed by atoms with Crippen molar-refractivity contribution in [3.05, 3.63) is 77.4 Å². The van der Waals surface area contributed by atoms with Gasteiger partial charge in [-0.05, 0) is 29.2 Å². The van der Waals surface area contributed by atoms with Crippen molar-refractivity contribution >= 4 is 23.9 Å². The highest BCUT2D eigenvalue weighted by Gasteiger charge is 2.15. The van der Waals surface area contributed by atoms with Gasteiger partial charge in [0, 0.05) is 26.1 Å². The zero-order chi connectivity index (χ0) is 20.4. The summed E-state index contributed by atoms with van der Waals surface area (Å²) in [7, 11) is 0. The van der Waals surface area contributed by atoms with Crippen LogP contribution in [0.4, 0.5) is 4.79 Å². The minimum absolute atomic E-state index is 0.340. The van der Waals surface area contributed by atoms with Crippen LogP contribution in [0.1, 0.15) is 23.6 Å². The Morgan fingerprint density at radius 3 is 2.29 bits per heavy atom. The van der Waals surface area contributed by atoms with Crippen LogP contribution in [-0.4, -0.2) is 34.5 Å². The molecule has 0 aromatic heterocycles. The number of carbonyl (C=O) groups excluding carboxylic acids is 3. The molecule has 7 nitrogen and oxygen atoms in total. The molecule has 0 radical (unpaired) electrons. The standard InChI is InChI=1S/C21H23N3O4/c1-16(25)22-21(27)24(14-13-17-5-3-2-4-6-17)15-19-9-7-18(8-10-19)11-12-20(26)23-28/h2-12,28H,13-15H2,1H3,(H,23,26)(H,22,25,27). The van der Waals surface area contributed by atoms with Gasteiger partial charge in [0.05, 0.1) is 0 Å². The number of urea groups is 1. The number of rotatable bonds is 7. The first-order valence-corrected chi connectivity index (χ1v) is 8.79. The first-order chi connectivity index (χ1) is 13.5. The average Bonchev–Trinajstić information content (AvgIpc) is 2.70. The summed E-state index contributed by atoms with van der Waals surface area (Å²) >= 11 is 0. The highest BCUT2D eigenvalue weighted by atomic mass is 16.5. The molecule has 0 aliphatic rings. The summed E-state index contributed by atoms with van der Waals surface area (Å²) in [5.74, 6) is -1.02. The fourth-order valence-electron chi connectivity index (χ4n) is 2.55. The number of carbonyl (C=O) groups is 3. The summed E-state index contributed by atoms with van der Waals surface area (Å²) in [4.78, 5) is 36.2. The number of imide groups is 1. The molecule has 0 heterocycles. The minimum Gasteiger partial charge on any atom is -0.320 e. The first-order valence-electron chi connectivity index (χ1n) is 8.79. The van der Waals surface area contributed by atoms with E-state index in [9.17, 15) is 14.4 Å². The fourth-order valence-corrected chi connectivity index (χ4v) is 2.55. The topological polar surface area (TPSA) is 98.7 Å². The lowest BCUT2D eigenvalue weighted by Crippen LogP contribution is -2.42. The third-order valence-electron chi connectivity index (χ3n) is 3.97. The Kier molecular flexibility index (Phi) is 7.92. The van der Waals surface area contributed by atoms with Crippen molar-refractivity contribution in [3.8, 4) is 0 Å². The molecule has 0 fully saturated rings. The number of nitrogens with zero attached hydrogens (tertiary/aromatic N) is 1. The van der Waals surface area contributed by atoms with Gasteiger partial charge in [0.2, 0.25) is 5.91 Å². The van der Waals surface area contributed by atoms with Crippen LogP contribution in [0.2, 0.25) is 0 Å². The zero-order valence-electron chi connectivity index (χ0n) is 15.6. The van der Waals surface area contributed by atoms with Crippen LogP contribution >= 0.6 is 0 Å². The third kappa shape index (κ3) is 7.05. The van der Waals surface area contributed by atoms with Crippen molar-refractivity contribution in [2.45, 2.75) is 19.9 Å². The van der Waals surface area contributed by atoms with Gasteiger partial charge in [0.25, 0.3) is 5.91 Å². The second kappa shape index (κ2) is 10.6. The van der Waals surface area contributed by atoms with E-state index in [2.05, 4.69) is 5.32 Å². The van der Waals surface area contributed by atoms with E-state index in [1.165, 1.54) is 18.5 Å². The Morgan fingerprint density at radius 2 is 1.68 bits per heavy atom. The van der Waals surface area contributed by atoms with Gasteiger partial charge in [-0.3, -0.25) is 20.1 Å². The predicted molar refractivity (Wildman–Crippen MR) is 105 cm³/mol. The summed E-state index contributed by atoms with van der Waals surface area (Å²) in [6.45, 7) is 2.10. The summed E-state index contributed by atoms with van der Waals surface area (Å²) in [5.41, 5.74) is 4.29. The highest BCUT2D eigenvalue weighted by molar-refractivity contribution is 5.93. The maximum absolute atomic E-state index is 12.4. The number of hydrogen-bond acceptors (Lipinski definition) is 4. The normalized spacial score (nSPS) is 10.5. The lowest BCUT2D eigenvalue weighted by Gasteiger charge is -2.22.